The van der Waals surface area contributed by atoms with E-state index in [0.717, 1.165) is 45.1 Å². The number of unbranched alkanes of at least 4 members (excludes halogenated alkanes) is 1. The molecular weight excluding hydrogens is 558 g/mol. The van der Waals surface area contributed by atoms with Crippen LogP contribution >= 0.6 is 0 Å². The molecule has 1 aromatic heterocycles. The second-order valence-corrected chi connectivity index (χ2v) is 12.4. The lowest BCUT2D eigenvalue weighted by atomic mass is 9.94. The van der Waals surface area contributed by atoms with Gasteiger partial charge in [-0.25, -0.2) is 8.42 Å². The van der Waals surface area contributed by atoms with Gasteiger partial charge in [0.05, 0.1) is 0 Å². The number of hydrogen-bond acceptors (Lipinski definition) is 9. The summed E-state index contributed by atoms with van der Waals surface area (Å²) in [7, 11) is -4.09. The lowest BCUT2D eigenvalue weighted by molar-refractivity contribution is 0.0996. The van der Waals surface area contributed by atoms with Gasteiger partial charge in [-0.3, -0.25) is 14.6 Å². The third-order valence-corrected chi connectivity index (χ3v) is 9.35. The summed E-state index contributed by atoms with van der Waals surface area (Å²) in [4.78, 5) is 26.4. The summed E-state index contributed by atoms with van der Waals surface area (Å²) in [6.45, 7) is 10.9. The number of aromatic nitrogens is 1. The Morgan fingerprint density at radius 2 is 1.79 bits per heavy atom. The van der Waals surface area contributed by atoms with Crippen LogP contribution in [0.4, 0.5) is 11.4 Å². The van der Waals surface area contributed by atoms with E-state index in [0.29, 0.717) is 0 Å². The van der Waals surface area contributed by atoms with Crippen LogP contribution in [-0.2, 0) is 10.0 Å². The summed E-state index contributed by atoms with van der Waals surface area (Å²) in [5.74, 6) is -1.68. The van der Waals surface area contributed by atoms with Gasteiger partial charge in [-0.2, -0.15) is 4.31 Å². The molecule has 2 aromatic rings. The Bertz CT molecular complexity index is 1380. The average molecular weight is 606 g/mol. The number of H-pyrrole nitrogens is 1. The molecule has 2 rings (SSSR count). The van der Waals surface area contributed by atoms with Gasteiger partial charge >= 0.3 is 0 Å². The van der Waals surface area contributed by atoms with E-state index >= 15 is 0 Å². The molecule has 7 N–H and O–H groups in total. The molecule has 12 nitrogen and oxygen atoms in total. The summed E-state index contributed by atoms with van der Waals surface area (Å²) in [6, 6.07) is 5.95. The first-order chi connectivity index (χ1) is 19.9. The van der Waals surface area contributed by atoms with Crippen molar-refractivity contribution in [2.75, 3.05) is 19.6 Å². The Balaban J connectivity index is 2.59. The average Bonchev–Trinajstić information content (AvgIpc) is 2.94. The quantitative estimate of drug-likeness (QED) is 0.124. The molecule has 0 aliphatic heterocycles. The third-order valence-electron chi connectivity index (χ3n) is 7.47. The SMILES string of the molecule is CCCCNC(CC)CN(CC(CC)C(N)CCC)S(=O)(=O)c1ccccc1N=Nc1c(C)c(C(N)=O)c(O)[nH]c1=O. The van der Waals surface area contributed by atoms with E-state index in [4.69, 9.17) is 11.5 Å². The summed E-state index contributed by atoms with van der Waals surface area (Å²) in [5, 5.41) is 21.6. The maximum atomic E-state index is 14.3. The number of pyridine rings is 1. The van der Waals surface area contributed by atoms with Crippen LogP contribution in [-0.4, -0.2) is 60.4 Å². The smallest absolute Gasteiger partial charge is 0.278 e. The molecule has 1 amide bonds. The number of carbonyl (C=O) groups excluding carboxylic acids is 1. The highest BCUT2D eigenvalue weighted by Gasteiger charge is 2.32. The zero-order valence-corrected chi connectivity index (χ0v) is 26.2. The molecule has 234 valence electrons. The van der Waals surface area contributed by atoms with Gasteiger partial charge in [0.15, 0.2) is 5.69 Å². The number of primary amides is 1. The summed E-state index contributed by atoms with van der Waals surface area (Å²) >= 11 is 0. The van der Waals surface area contributed by atoms with Crippen molar-refractivity contribution >= 4 is 27.3 Å². The molecule has 0 saturated carbocycles. The molecule has 0 saturated heterocycles. The molecule has 13 heteroatoms. The van der Waals surface area contributed by atoms with Gasteiger partial charge in [0.25, 0.3) is 11.5 Å². The van der Waals surface area contributed by atoms with Crippen LogP contribution in [0.5, 0.6) is 5.88 Å². The van der Waals surface area contributed by atoms with Gasteiger partial charge in [-0.1, -0.05) is 59.1 Å². The number of benzene rings is 1. The molecule has 3 atom stereocenters. The van der Waals surface area contributed by atoms with E-state index in [2.05, 4.69) is 34.4 Å². The van der Waals surface area contributed by atoms with Crippen LogP contribution < -0.4 is 22.3 Å². The van der Waals surface area contributed by atoms with Crippen molar-refractivity contribution in [2.45, 2.75) is 90.1 Å². The first kappa shape index (κ1) is 35.1. The van der Waals surface area contributed by atoms with E-state index in [1.54, 1.807) is 12.1 Å². The minimum absolute atomic E-state index is 0.0212. The molecule has 42 heavy (non-hydrogen) atoms. The number of hydrogen-bond donors (Lipinski definition) is 5. The minimum atomic E-state index is -4.09. The summed E-state index contributed by atoms with van der Waals surface area (Å²) in [5.41, 5.74) is 10.5. The number of nitrogens with zero attached hydrogens (tertiary/aromatic N) is 3. The lowest BCUT2D eigenvalue weighted by Crippen LogP contribution is -2.47. The van der Waals surface area contributed by atoms with Crippen LogP contribution in [0, 0.1) is 12.8 Å². The van der Waals surface area contributed by atoms with Crippen molar-refractivity contribution in [1.82, 2.24) is 14.6 Å². The van der Waals surface area contributed by atoms with E-state index in [-0.39, 0.29) is 58.5 Å². The molecule has 0 fully saturated rings. The van der Waals surface area contributed by atoms with Crippen LogP contribution in [0.3, 0.4) is 0 Å². The predicted molar refractivity (Wildman–Crippen MR) is 165 cm³/mol. The molecule has 0 bridgehead atoms. The van der Waals surface area contributed by atoms with Crippen molar-refractivity contribution in [1.29, 1.82) is 0 Å². The number of nitrogens with two attached hydrogens (primary N) is 2. The number of rotatable bonds is 18. The fourth-order valence-corrected chi connectivity index (χ4v) is 6.52. The Kier molecular flexibility index (Phi) is 13.8. The van der Waals surface area contributed by atoms with E-state index in [1.807, 2.05) is 13.8 Å². The van der Waals surface area contributed by atoms with Crippen molar-refractivity contribution in [3.05, 3.63) is 45.7 Å². The van der Waals surface area contributed by atoms with Crippen molar-refractivity contribution < 1.29 is 18.3 Å². The number of amides is 1. The molecule has 0 spiro atoms. The fourth-order valence-electron chi connectivity index (χ4n) is 4.85. The number of carbonyl (C=O) groups is 1. The van der Waals surface area contributed by atoms with Crippen LogP contribution in [0.2, 0.25) is 0 Å². The predicted octanol–water partition coefficient (Wildman–Crippen LogP) is 4.22. The Morgan fingerprint density at radius 1 is 1.10 bits per heavy atom. The van der Waals surface area contributed by atoms with Crippen molar-refractivity contribution in [3.63, 3.8) is 0 Å². The molecule has 1 heterocycles. The van der Waals surface area contributed by atoms with Gasteiger partial charge in [-0.15, -0.1) is 10.2 Å². The molecule has 0 aliphatic rings. The van der Waals surface area contributed by atoms with Gasteiger partial charge in [0.2, 0.25) is 15.9 Å². The Labute approximate surface area is 249 Å². The second kappa shape index (κ2) is 16.5. The monoisotopic (exact) mass is 605 g/mol. The number of azo groups is 1. The highest BCUT2D eigenvalue weighted by atomic mass is 32.2. The van der Waals surface area contributed by atoms with Crippen LogP contribution in [0.25, 0.3) is 0 Å². The lowest BCUT2D eigenvalue weighted by Gasteiger charge is -2.32. The van der Waals surface area contributed by atoms with Crippen molar-refractivity contribution in [3.8, 4) is 5.88 Å². The molecule has 1 aromatic carbocycles. The maximum Gasteiger partial charge on any atom is 0.278 e. The summed E-state index contributed by atoms with van der Waals surface area (Å²) in [6.07, 6.45) is 5.16. The topological polar surface area (TPSA) is 196 Å². The van der Waals surface area contributed by atoms with E-state index < -0.39 is 27.4 Å². The molecule has 0 aliphatic carbocycles. The van der Waals surface area contributed by atoms with Gasteiger partial charge < -0.3 is 21.9 Å². The number of sulfonamides is 1. The zero-order chi connectivity index (χ0) is 31.4. The van der Waals surface area contributed by atoms with E-state index in [9.17, 15) is 23.1 Å². The number of aromatic amines is 1. The largest absolute Gasteiger partial charge is 0.494 e. The number of aromatic hydroxyl groups is 1. The van der Waals surface area contributed by atoms with Crippen LogP contribution in [0.1, 0.15) is 82.1 Å². The van der Waals surface area contributed by atoms with Gasteiger partial charge in [0, 0.05) is 30.7 Å². The van der Waals surface area contributed by atoms with E-state index in [1.165, 1.54) is 23.4 Å². The standard InChI is InChI=1S/C29H47N7O5S/c1-6-10-16-32-21(9-4)18-36(17-20(8-3)22(30)13-7-2)42(40,41)24-15-12-11-14-23(24)34-35-26-19(5)25(27(31)37)28(38)33-29(26)39/h11-12,14-15,20-22,32H,6-10,13,16-18,30H2,1-5H3,(H2,31,37)(H2,33,38,39). The first-order valence-corrected chi connectivity index (χ1v) is 16.1. The third kappa shape index (κ3) is 8.93. The molecule has 3 unspecified atom stereocenters. The number of nitrogens with one attached hydrogen (secondary N) is 2. The second-order valence-electron chi connectivity index (χ2n) is 10.5. The normalized spacial score (nSPS) is 14.4. The molecule has 0 radical (unpaired) electrons. The highest BCUT2D eigenvalue weighted by Crippen LogP contribution is 2.31. The summed E-state index contributed by atoms with van der Waals surface area (Å²) < 4.78 is 30.1. The van der Waals surface area contributed by atoms with Crippen molar-refractivity contribution in [2.24, 2.45) is 27.6 Å². The zero-order valence-electron chi connectivity index (χ0n) is 25.4. The highest BCUT2D eigenvalue weighted by molar-refractivity contribution is 7.89. The van der Waals surface area contributed by atoms with Gasteiger partial charge in [0.1, 0.15) is 16.1 Å². The van der Waals surface area contributed by atoms with Crippen LogP contribution in [0.15, 0.2) is 44.2 Å². The maximum absolute atomic E-state index is 14.3. The Hall–Kier alpha value is -3.13. The van der Waals surface area contributed by atoms with Gasteiger partial charge in [-0.05, 0) is 50.8 Å². The minimum Gasteiger partial charge on any atom is -0.494 e. The Morgan fingerprint density at radius 3 is 2.38 bits per heavy atom. The molecular formula is C29H47N7O5S. The fraction of sp³-hybridized carbons (Fsp3) is 0.586. The first-order valence-electron chi connectivity index (χ1n) is 14.7.